The van der Waals surface area contributed by atoms with Crippen molar-refractivity contribution in [3.05, 3.63) is 0 Å². The van der Waals surface area contributed by atoms with E-state index in [0.717, 1.165) is 38.8 Å². The number of amides is 2. The van der Waals surface area contributed by atoms with E-state index < -0.39 is 0 Å². The van der Waals surface area contributed by atoms with Gasteiger partial charge in [-0.2, -0.15) is 0 Å². The molecular formula is C16H30ClN3O2. The SMILES string of the molecule is CC(C)(C)C(=O)N1CCCC(C(=O)N2CCCC(N)C2)C1.Cl. The van der Waals surface area contributed by atoms with E-state index >= 15 is 0 Å². The van der Waals surface area contributed by atoms with Crippen LogP contribution in [-0.2, 0) is 9.59 Å². The van der Waals surface area contributed by atoms with E-state index in [4.69, 9.17) is 5.73 Å². The van der Waals surface area contributed by atoms with Crippen LogP contribution in [-0.4, -0.2) is 53.8 Å². The fourth-order valence-electron chi connectivity index (χ4n) is 3.31. The Morgan fingerprint density at radius 1 is 1.00 bits per heavy atom. The summed E-state index contributed by atoms with van der Waals surface area (Å²) in [6, 6.07) is 0.110. The summed E-state index contributed by atoms with van der Waals surface area (Å²) in [6.07, 6.45) is 3.80. The largest absolute Gasteiger partial charge is 0.341 e. The highest BCUT2D eigenvalue weighted by molar-refractivity contribution is 5.85. The molecule has 0 aromatic heterocycles. The Labute approximate surface area is 140 Å². The second-order valence-corrected chi connectivity index (χ2v) is 7.53. The highest BCUT2D eigenvalue weighted by Gasteiger charge is 2.35. The normalized spacial score (nSPS) is 26.4. The maximum atomic E-state index is 12.6. The predicted octanol–water partition coefficient (Wildman–Crippen LogP) is 1.64. The topological polar surface area (TPSA) is 66.6 Å². The second kappa shape index (κ2) is 7.64. The van der Waals surface area contributed by atoms with Gasteiger partial charge in [0, 0.05) is 37.6 Å². The van der Waals surface area contributed by atoms with Crippen molar-refractivity contribution in [2.45, 2.75) is 52.5 Å². The molecule has 128 valence electrons. The number of nitrogens with zero attached hydrogens (tertiary/aromatic N) is 2. The van der Waals surface area contributed by atoms with E-state index in [0.29, 0.717) is 13.1 Å². The van der Waals surface area contributed by atoms with Gasteiger partial charge in [-0.15, -0.1) is 12.4 Å². The van der Waals surface area contributed by atoms with Crippen LogP contribution < -0.4 is 5.73 Å². The van der Waals surface area contributed by atoms with Crippen LogP contribution in [0.25, 0.3) is 0 Å². The summed E-state index contributed by atoms with van der Waals surface area (Å²) >= 11 is 0. The summed E-state index contributed by atoms with van der Waals surface area (Å²) in [6.45, 7) is 8.64. The third-order valence-electron chi connectivity index (χ3n) is 4.47. The summed E-state index contributed by atoms with van der Waals surface area (Å²) in [5.41, 5.74) is 5.59. The van der Waals surface area contributed by atoms with E-state index in [2.05, 4.69) is 0 Å². The molecule has 0 saturated carbocycles. The van der Waals surface area contributed by atoms with Crippen molar-refractivity contribution in [1.82, 2.24) is 9.80 Å². The van der Waals surface area contributed by atoms with Crippen molar-refractivity contribution >= 4 is 24.2 Å². The summed E-state index contributed by atoms with van der Waals surface area (Å²) in [7, 11) is 0. The van der Waals surface area contributed by atoms with Gasteiger partial charge in [-0.05, 0) is 25.7 Å². The van der Waals surface area contributed by atoms with Gasteiger partial charge in [0.15, 0.2) is 0 Å². The molecule has 2 heterocycles. The van der Waals surface area contributed by atoms with Crippen LogP contribution in [0.1, 0.15) is 46.5 Å². The maximum absolute atomic E-state index is 12.6. The zero-order valence-corrected chi connectivity index (χ0v) is 14.8. The smallest absolute Gasteiger partial charge is 0.227 e. The molecule has 2 aliphatic rings. The average Bonchev–Trinajstić information content (AvgIpc) is 2.45. The molecule has 2 rings (SSSR count). The molecule has 0 aromatic rings. The van der Waals surface area contributed by atoms with E-state index in [9.17, 15) is 9.59 Å². The van der Waals surface area contributed by atoms with Gasteiger partial charge in [-0.3, -0.25) is 9.59 Å². The van der Waals surface area contributed by atoms with Gasteiger partial charge in [-0.1, -0.05) is 20.8 Å². The highest BCUT2D eigenvalue weighted by Crippen LogP contribution is 2.25. The highest BCUT2D eigenvalue weighted by atomic mass is 35.5. The molecule has 2 amide bonds. The second-order valence-electron chi connectivity index (χ2n) is 7.53. The molecule has 2 atom stereocenters. The minimum Gasteiger partial charge on any atom is -0.341 e. The summed E-state index contributed by atoms with van der Waals surface area (Å²) in [4.78, 5) is 28.8. The van der Waals surface area contributed by atoms with Crippen molar-refractivity contribution < 1.29 is 9.59 Å². The maximum Gasteiger partial charge on any atom is 0.227 e. The summed E-state index contributed by atoms with van der Waals surface area (Å²) < 4.78 is 0. The predicted molar refractivity (Wildman–Crippen MR) is 89.8 cm³/mol. The Kier molecular flexibility index (Phi) is 6.68. The molecule has 22 heavy (non-hydrogen) atoms. The molecule has 0 spiro atoms. The van der Waals surface area contributed by atoms with Crippen LogP contribution in [0.4, 0.5) is 0 Å². The third-order valence-corrected chi connectivity index (χ3v) is 4.47. The number of carbonyl (C=O) groups excluding carboxylic acids is 2. The van der Waals surface area contributed by atoms with Crippen LogP contribution in [0.15, 0.2) is 0 Å². The number of carbonyl (C=O) groups is 2. The number of hydrogen-bond donors (Lipinski definition) is 1. The first-order valence-electron chi connectivity index (χ1n) is 8.13. The Balaban J connectivity index is 0.00000242. The van der Waals surface area contributed by atoms with Crippen LogP contribution in [0.2, 0.25) is 0 Å². The molecule has 0 aromatic carbocycles. The molecule has 0 aliphatic carbocycles. The zero-order chi connectivity index (χ0) is 15.6. The van der Waals surface area contributed by atoms with Crippen LogP contribution in [0.5, 0.6) is 0 Å². The zero-order valence-electron chi connectivity index (χ0n) is 14.0. The molecule has 2 N–H and O–H groups in total. The lowest BCUT2D eigenvalue weighted by molar-refractivity contribution is -0.145. The lowest BCUT2D eigenvalue weighted by Gasteiger charge is -2.39. The molecular weight excluding hydrogens is 302 g/mol. The van der Waals surface area contributed by atoms with E-state index in [1.54, 1.807) is 0 Å². The molecule has 0 radical (unpaired) electrons. The van der Waals surface area contributed by atoms with Gasteiger partial charge >= 0.3 is 0 Å². The first-order valence-corrected chi connectivity index (χ1v) is 8.13. The Hall–Kier alpha value is -0.810. The lowest BCUT2D eigenvalue weighted by atomic mass is 9.90. The molecule has 2 fully saturated rings. The van der Waals surface area contributed by atoms with E-state index in [1.807, 2.05) is 30.6 Å². The quantitative estimate of drug-likeness (QED) is 0.794. The Morgan fingerprint density at radius 2 is 1.59 bits per heavy atom. The average molecular weight is 332 g/mol. The number of rotatable bonds is 1. The Morgan fingerprint density at radius 3 is 2.18 bits per heavy atom. The number of nitrogens with two attached hydrogens (primary N) is 1. The molecule has 2 aliphatic heterocycles. The molecule has 0 bridgehead atoms. The van der Waals surface area contributed by atoms with E-state index in [-0.39, 0.29) is 41.6 Å². The van der Waals surface area contributed by atoms with Gasteiger partial charge in [0.2, 0.25) is 11.8 Å². The minimum atomic E-state index is -0.377. The Bertz CT molecular complexity index is 409. The molecule has 5 nitrogen and oxygen atoms in total. The summed E-state index contributed by atoms with van der Waals surface area (Å²) in [5.74, 6) is 0.294. The van der Waals surface area contributed by atoms with Crippen LogP contribution in [0, 0.1) is 11.3 Å². The summed E-state index contributed by atoms with van der Waals surface area (Å²) in [5, 5.41) is 0. The van der Waals surface area contributed by atoms with Gasteiger partial charge < -0.3 is 15.5 Å². The van der Waals surface area contributed by atoms with Crippen LogP contribution >= 0.6 is 12.4 Å². The molecule has 2 unspecified atom stereocenters. The number of piperidine rings is 2. The first-order chi connectivity index (χ1) is 9.79. The molecule has 6 heteroatoms. The number of hydrogen-bond acceptors (Lipinski definition) is 3. The van der Waals surface area contributed by atoms with Gasteiger partial charge in [0.05, 0.1) is 5.92 Å². The minimum absolute atomic E-state index is 0. The van der Waals surface area contributed by atoms with Crippen LogP contribution in [0.3, 0.4) is 0 Å². The standard InChI is InChI=1S/C16H29N3O2.ClH/c1-16(2,3)15(21)19-9-4-6-12(10-19)14(20)18-8-5-7-13(17)11-18;/h12-13H,4-11,17H2,1-3H3;1H. The number of halogens is 1. The number of likely N-dealkylation sites (tertiary alicyclic amines) is 2. The van der Waals surface area contributed by atoms with Crippen molar-refractivity contribution in [2.24, 2.45) is 17.1 Å². The van der Waals surface area contributed by atoms with Crippen molar-refractivity contribution in [3.63, 3.8) is 0 Å². The van der Waals surface area contributed by atoms with E-state index in [1.165, 1.54) is 0 Å². The lowest BCUT2D eigenvalue weighted by Crippen LogP contribution is -2.52. The first kappa shape index (κ1) is 19.2. The molecule has 2 saturated heterocycles. The third kappa shape index (κ3) is 4.59. The fraction of sp³-hybridized carbons (Fsp3) is 0.875. The van der Waals surface area contributed by atoms with Crippen molar-refractivity contribution in [3.8, 4) is 0 Å². The fourth-order valence-corrected chi connectivity index (χ4v) is 3.31. The van der Waals surface area contributed by atoms with Gasteiger partial charge in [-0.25, -0.2) is 0 Å². The van der Waals surface area contributed by atoms with Gasteiger partial charge in [0.1, 0.15) is 0 Å². The monoisotopic (exact) mass is 331 g/mol. The van der Waals surface area contributed by atoms with Crippen molar-refractivity contribution in [2.75, 3.05) is 26.2 Å². The van der Waals surface area contributed by atoms with Crippen molar-refractivity contribution in [1.29, 1.82) is 0 Å². The van der Waals surface area contributed by atoms with Gasteiger partial charge in [0.25, 0.3) is 0 Å².